The van der Waals surface area contributed by atoms with Gasteiger partial charge in [-0.25, -0.2) is 0 Å². The summed E-state index contributed by atoms with van der Waals surface area (Å²) >= 11 is 0. The van der Waals surface area contributed by atoms with Crippen LogP contribution in [-0.2, 0) is 13.0 Å². The van der Waals surface area contributed by atoms with Crippen molar-refractivity contribution in [1.29, 1.82) is 0 Å². The normalized spacial score (nSPS) is 17.9. The van der Waals surface area contributed by atoms with Crippen molar-refractivity contribution in [1.82, 2.24) is 9.88 Å². The molecule has 4 heteroatoms. The van der Waals surface area contributed by atoms with Gasteiger partial charge in [-0.15, -0.1) is 0 Å². The SMILES string of the molecule is NC[C@H](O)CN1CCc2c([nH]c3ccccc23)C1. The van der Waals surface area contributed by atoms with Crippen molar-refractivity contribution in [3.8, 4) is 0 Å². The number of nitrogens with one attached hydrogen (secondary N) is 1. The Balaban J connectivity index is 1.85. The average Bonchev–Trinajstić information content (AvgIpc) is 2.76. The second-order valence-electron chi connectivity index (χ2n) is 5.00. The molecule has 3 rings (SSSR count). The Morgan fingerprint density at radius 1 is 1.39 bits per heavy atom. The Bertz CT molecular complexity index is 549. The zero-order chi connectivity index (χ0) is 12.5. The van der Waals surface area contributed by atoms with E-state index >= 15 is 0 Å². The maximum absolute atomic E-state index is 9.62. The number of nitrogens with zero attached hydrogens (tertiary/aromatic N) is 1. The summed E-state index contributed by atoms with van der Waals surface area (Å²) in [7, 11) is 0. The minimum Gasteiger partial charge on any atom is -0.390 e. The van der Waals surface area contributed by atoms with E-state index in [2.05, 4.69) is 34.1 Å². The van der Waals surface area contributed by atoms with Crippen molar-refractivity contribution in [2.45, 2.75) is 19.1 Å². The molecule has 0 unspecified atom stereocenters. The zero-order valence-corrected chi connectivity index (χ0v) is 10.4. The van der Waals surface area contributed by atoms with Gasteiger partial charge in [-0.1, -0.05) is 18.2 Å². The first-order valence-corrected chi connectivity index (χ1v) is 6.47. The van der Waals surface area contributed by atoms with Gasteiger partial charge in [0.2, 0.25) is 0 Å². The van der Waals surface area contributed by atoms with E-state index in [1.807, 2.05) is 0 Å². The van der Waals surface area contributed by atoms with E-state index in [0.29, 0.717) is 13.1 Å². The highest BCUT2D eigenvalue weighted by Crippen LogP contribution is 2.27. The first-order valence-electron chi connectivity index (χ1n) is 6.47. The molecule has 0 amide bonds. The summed E-state index contributed by atoms with van der Waals surface area (Å²) in [6, 6.07) is 8.43. The third-order valence-electron chi connectivity index (χ3n) is 3.70. The second-order valence-corrected chi connectivity index (χ2v) is 5.00. The van der Waals surface area contributed by atoms with Crippen molar-refractivity contribution < 1.29 is 5.11 Å². The maximum Gasteiger partial charge on any atom is 0.0789 e. The number of β-amino-alcohol motifs (C(OH)–C–C–N with tert-alkyl or cyclic N) is 1. The van der Waals surface area contributed by atoms with Gasteiger partial charge in [-0.05, 0) is 18.1 Å². The van der Waals surface area contributed by atoms with Crippen LogP contribution in [0.3, 0.4) is 0 Å². The fourth-order valence-electron chi connectivity index (χ4n) is 2.78. The topological polar surface area (TPSA) is 65.3 Å². The molecular weight excluding hydrogens is 226 g/mol. The monoisotopic (exact) mass is 245 g/mol. The maximum atomic E-state index is 9.62. The number of aromatic nitrogens is 1. The fraction of sp³-hybridized carbons (Fsp3) is 0.429. The number of rotatable bonds is 3. The number of fused-ring (bicyclic) bond motifs is 3. The number of nitrogens with two attached hydrogens (primary N) is 1. The summed E-state index contributed by atoms with van der Waals surface area (Å²) in [5.74, 6) is 0. The summed E-state index contributed by atoms with van der Waals surface area (Å²) in [5.41, 5.74) is 9.39. The van der Waals surface area contributed by atoms with Crippen LogP contribution in [0.5, 0.6) is 0 Å². The molecular formula is C14H19N3O. The number of hydrogen-bond donors (Lipinski definition) is 3. The number of hydrogen-bond acceptors (Lipinski definition) is 3. The molecule has 0 saturated carbocycles. The number of aliphatic hydroxyl groups is 1. The highest BCUT2D eigenvalue weighted by Gasteiger charge is 2.21. The van der Waals surface area contributed by atoms with Crippen LogP contribution in [0.15, 0.2) is 24.3 Å². The molecule has 96 valence electrons. The van der Waals surface area contributed by atoms with Gasteiger partial charge in [-0.3, -0.25) is 4.90 Å². The van der Waals surface area contributed by atoms with Gasteiger partial charge < -0.3 is 15.8 Å². The Morgan fingerprint density at radius 2 is 2.22 bits per heavy atom. The lowest BCUT2D eigenvalue weighted by Gasteiger charge is -2.28. The number of H-pyrrole nitrogens is 1. The number of benzene rings is 1. The van der Waals surface area contributed by atoms with Gasteiger partial charge >= 0.3 is 0 Å². The van der Waals surface area contributed by atoms with Crippen LogP contribution >= 0.6 is 0 Å². The largest absolute Gasteiger partial charge is 0.390 e. The molecule has 1 aliphatic heterocycles. The number of aromatic amines is 1. The standard InChI is InChI=1S/C14H19N3O/c15-7-10(18)8-17-6-5-12-11-3-1-2-4-13(11)16-14(12)9-17/h1-4,10,16,18H,5-9,15H2/t10-/m0/s1. The van der Waals surface area contributed by atoms with Gasteiger partial charge in [-0.2, -0.15) is 0 Å². The molecule has 0 spiro atoms. The average molecular weight is 245 g/mol. The molecule has 2 aromatic rings. The van der Waals surface area contributed by atoms with Crippen molar-refractivity contribution in [3.63, 3.8) is 0 Å². The van der Waals surface area contributed by atoms with E-state index in [1.54, 1.807) is 0 Å². The van der Waals surface area contributed by atoms with E-state index in [-0.39, 0.29) is 0 Å². The van der Waals surface area contributed by atoms with Crippen LogP contribution in [0, 0.1) is 0 Å². The predicted octanol–water partition coefficient (Wildman–Crippen LogP) is 0.846. The molecule has 1 aliphatic rings. The molecule has 1 aromatic carbocycles. The molecule has 0 radical (unpaired) electrons. The lowest BCUT2D eigenvalue weighted by Crippen LogP contribution is -2.39. The summed E-state index contributed by atoms with van der Waals surface area (Å²) in [6.07, 6.45) is 0.618. The lowest BCUT2D eigenvalue weighted by atomic mass is 10.0. The van der Waals surface area contributed by atoms with Gasteiger partial charge in [0.25, 0.3) is 0 Å². The van der Waals surface area contributed by atoms with Crippen molar-refractivity contribution in [2.75, 3.05) is 19.6 Å². The summed E-state index contributed by atoms with van der Waals surface area (Å²) in [5, 5.41) is 11.0. The van der Waals surface area contributed by atoms with Crippen molar-refractivity contribution >= 4 is 10.9 Å². The minimum atomic E-state index is -0.420. The molecule has 2 heterocycles. The summed E-state index contributed by atoms with van der Waals surface area (Å²) in [4.78, 5) is 5.74. The van der Waals surface area contributed by atoms with Gasteiger partial charge in [0.1, 0.15) is 0 Å². The summed E-state index contributed by atoms with van der Waals surface area (Å²) < 4.78 is 0. The Labute approximate surface area is 106 Å². The van der Waals surface area contributed by atoms with Gasteiger partial charge in [0.15, 0.2) is 0 Å². The number of para-hydroxylation sites is 1. The molecule has 18 heavy (non-hydrogen) atoms. The Kier molecular flexibility index (Phi) is 3.07. The predicted molar refractivity (Wildman–Crippen MR) is 72.3 cm³/mol. The van der Waals surface area contributed by atoms with Gasteiger partial charge in [0.05, 0.1) is 6.10 Å². The lowest BCUT2D eigenvalue weighted by molar-refractivity contribution is 0.111. The van der Waals surface area contributed by atoms with E-state index in [9.17, 15) is 5.11 Å². The second kappa shape index (κ2) is 4.72. The quantitative estimate of drug-likeness (QED) is 0.751. The van der Waals surface area contributed by atoms with Crippen molar-refractivity contribution in [3.05, 3.63) is 35.5 Å². The molecule has 4 nitrogen and oxygen atoms in total. The fourth-order valence-corrected chi connectivity index (χ4v) is 2.78. The molecule has 0 aliphatic carbocycles. The molecule has 0 fully saturated rings. The molecule has 1 aromatic heterocycles. The smallest absolute Gasteiger partial charge is 0.0789 e. The highest BCUT2D eigenvalue weighted by atomic mass is 16.3. The first-order chi connectivity index (χ1) is 8.78. The molecule has 1 atom stereocenters. The highest BCUT2D eigenvalue weighted by molar-refractivity contribution is 5.84. The van der Waals surface area contributed by atoms with E-state index in [4.69, 9.17) is 5.73 Å². The summed E-state index contributed by atoms with van der Waals surface area (Å²) in [6.45, 7) is 2.86. The third kappa shape index (κ3) is 2.03. The van der Waals surface area contributed by atoms with Crippen LogP contribution in [0.2, 0.25) is 0 Å². The van der Waals surface area contributed by atoms with Crippen LogP contribution < -0.4 is 5.73 Å². The van der Waals surface area contributed by atoms with Crippen LogP contribution in [0.4, 0.5) is 0 Å². The van der Waals surface area contributed by atoms with E-state index in [1.165, 1.54) is 22.2 Å². The van der Waals surface area contributed by atoms with Crippen LogP contribution in [0.1, 0.15) is 11.3 Å². The minimum absolute atomic E-state index is 0.329. The molecule has 0 saturated heterocycles. The van der Waals surface area contributed by atoms with Crippen LogP contribution in [0.25, 0.3) is 10.9 Å². The van der Waals surface area contributed by atoms with Crippen molar-refractivity contribution in [2.24, 2.45) is 5.73 Å². The Morgan fingerprint density at radius 3 is 3.06 bits per heavy atom. The van der Waals surface area contributed by atoms with E-state index in [0.717, 1.165) is 19.5 Å². The first kappa shape index (κ1) is 11.7. The third-order valence-corrected chi connectivity index (χ3v) is 3.70. The van der Waals surface area contributed by atoms with E-state index < -0.39 is 6.10 Å². The molecule has 0 bridgehead atoms. The zero-order valence-electron chi connectivity index (χ0n) is 10.4. The van der Waals surface area contributed by atoms with Gasteiger partial charge in [0, 0.05) is 42.8 Å². The van der Waals surface area contributed by atoms with Crippen LogP contribution in [-0.4, -0.2) is 40.7 Å². The number of aliphatic hydroxyl groups excluding tert-OH is 1. The Hall–Kier alpha value is -1.36. The molecule has 4 N–H and O–H groups in total.